The average molecular weight is 263 g/mol. The summed E-state index contributed by atoms with van der Waals surface area (Å²) >= 11 is 0. The topological polar surface area (TPSA) is 53.1 Å². The van der Waals surface area contributed by atoms with E-state index in [9.17, 15) is 0 Å². The van der Waals surface area contributed by atoms with Gasteiger partial charge < -0.3 is 15.5 Å². The molecule has 1 heterocycles. The van der Waals surface area contributed by atoms with E-state index < -0.39 is 0 Å². The molecule has 0 amide bonds. The van der Waals surface area contributed by atoms with Gasteiger partial charge in [-0.25, -0.2) is 4.98 Å². The third-order valence-electron chi connectivity index (χ3n) is 3.71. The van der Waals surface area contributed by atoms with Gasteiger partial charge in [0.25, 0.3) is 0 Å². The van der Waals surface area contributed by atoms with E-state index in [1.807, 2.05) is 0 Å². The van der Waals surface area contributed by atoms with E-state index >= 15 is 0 Å². The monoisotopic (exact) mass is 263 g/mol. The van der Waals surface area contributed by atoms with Gasteiger partial charge in [-0.05, 0) is 26.8 Å². The minimum Gasteiger partial charge on any atom is -0.369 e. The zero-order valence-electron chi connectivity index (χ0n) is 12.0. The lowest BCUT2D eigenvalue weighted by Gasteiger charge is -2.24. The molecular formula is C14H25N5. The van der Waals surface area contributed by atoms with Crippen molar-refractivity contribution in [3.63, 3.8) is 0 Å². The number of aromatic nitrogens is 2. The van der Waals surface area contributed by atoms with Gasteiger partial charge in [0.1, 0.15) is 11.6 Å². The smallest absolute Gasteiger partial charge is 0.147 e. The second-order valence-electron chi connectivity index (χ2n) is 5.17. The summed E-state index contributed by atoms with van der Waals surface area (Å²) in [6.07, 6.45) is 9.01. The highest BCUT2D eigenvalue weighted by Gasteiger charge is 2.18. The van der Waals surface area contributed by atoms with Gasteiger partial charge in [-0.1, -0.05) is 12.8 Å². The number of nitrogens with one attached hydrogen (secondary N) is 2. The van der Waals surface area contributed by atoms with Crippen molar-refractivity contribution in [1.82, 2.24) is 14.9 Å². The Balaban J connectivity index is 1.73. The van der Waals surface area contributed by atoms with Gasteiger partial charge in [0.2, 0.25) is 0 Å². The van der Waals surface area contributed by atoms with Crippen LogP contribution >= 0.6 is 0 Å². The Kier molecular flexibility index (Phi) is 5.39. The Morgan fingerprint density at radius 3 is 2.58 bits per heavy atom. The van der Waals surface area contributed by atoms with Crippen LogP contribution in [0, 0.1) is 0 Å². The molecule has 0 bridgehead atoms. The quantitative estimate of drug-likeness (QED) is 0.790. The molecule has 0 aromatic carbocycles. The summed E-state index contributed by atoms with van der Waals surface area (Å²) in [5, 5.41) is 6.51. The largest absolute Gasteiger partial charge is 0.369 e. The summed E-state index contributed by atoms with van der Waals surface area (Å²) in [6.45, 7) is 4.88. The number of hydrogen-bond donors (Lipinski definition) is 2. The number of hydrogen-bond acceptors (Lipinski definition) is 5. The predicted octanol–water partition coefficient (Wildman–Crippen LogP) is 2.19. The van der Waals surface area contributed by atoms with Gasteiger partial charge in [0.15, 0.2) is 0 Å². The van der Waals surface area contributed by atoms with Crippen molar-refractivity contribution in [2.24, 2.45) is 0 Å². The average Bonchev–Trinajstić information content (AvgIpc) is 2.93. The van der Waals surface area contributed by atoms with E-state index in [4.69, 9.17) is 0 Å². The number of nitrogens with zero attached hydrogens (tertiary/aromatic N) is 3. The molecule has 5 heteroatoms. The van der Waals surface area contributed by atoms with Crippen molar-refractivity contribution in [2.75, 3.05) is 37.3 Å². The van der Waals surface area contributed by atoms with E-state index in [1.54, 1.807) is 12.4 Å². The van der Waals surface area contributed by atoms with Crippen LogP contribution in [0.15, 0.2) is 12.4 Å². The molecule has 2 N–H and O–H groups in total. The molecular weight excluding hydrogens is 238 g/mol. The molecule has 1 aromatic heterocycles. The summed E-state index contributed by atoms with van der Waals surface area (Å²) in [4.78, 5) is 11.1. The van der Waals surface area contributed by atoms with Crippen molar-refractivity contribution in [2.45, 2.75) is 38.6 Å². The van der Waals surface area contributed by atoms with Gasteiger partial charge in [-0.2, -0.15) is 0 Å². The van der Waals surface area contributed by atoms with E-state index in [1.165, 1.54) is 25.7 Å². The normalized spacial score (nSPS) is 15.9. The Morgan fingerprint density at radius 2 is 1.89 bits per heavy atom. The lowest BCUT2D eigenvalue weighted by molar-refractivity contribution is 0.254. The highest BCUT2D eigenvalue weighted by Crippen LogP contribution is 2.21. The van der Waals surface area contributed by atoms with Crippen LogP contribution in [-0.4, -0.2) is 47.6 Å². The van der Waals surface area contributed by atoms with E-state index in [0.717, 1.165) is 37.3 Å². The molecule has 0 atom stereocenters. The summed E-state index contributed by atoms with van der Waals surface area (Å²) in [5.41, 5.74) is 0. The molecule has 106 valence electrons. The molecule has 5 nitrogen and oxygen atoms in total. The maximum absolute atomic E-state index is 4.45. The maximum Gasteiger partial charge on any atom is 0.147 e. The second kappa shape index (κ2) is 7.28. The molecule has 2 rings (SSSR count). The molecule has 19 heavy (non-hydrogen) atoms. The van der Waals surface area contributed by atoms with Crippen LogP contribution in [-0.2, 0) is 0 Å². The highest BCUT2D eigenvalue weighted by molar-refractivity contribution is 5.41. The Bertz CT molecular complexity index is 376. The molecule has 0 saturated heterocycles. The fourth-order valence-electron chi connectivity index (χ4n) is 2.61. The summed E-state index contributed by atoms with van der Waals surface area (Å²) in [7, 11) is 2.22. The van der Waals surface area contributed by atoms with Gasteiger partial charge in [-0.3, -0.25) is 4.98 Å². The molecule has 1 fully saturated rings. The first kappa shape index (κ1) is 14.1. The van der Waals surface area contributed by atoms with E-state index in [0.29, 0.717) is 0 Å². The van der Waals surface area contributed by atoms with Crippen LogP contribution in [0.2, 0.25) is 0 Å². The molecule has 1 aromatic rings. The molecule has 0 radical (unpaired) electrons. The molecule has 0 unspecified atom stereocenters. The molecule has 1 saturated carbocycles. The third-order valence-corrected chi connectivity index (χ3v) is 3.71. The van der Waals surface area contributed by atoms with Crippen molar-refractivity contribution in [3.05, 3.63) is 12.4 Å². The van der Waals surface area contributed by atoms with Crippen molar-refractivity contribution >= 4 is 11.6 Å². The lowest BCUT2D eigenvalue weighted by Crippen LogP contribution is -2.33. The zero-order chi connectivity index (χ0) is 13.5. The first-order chi connectivity index (χ1) is 9.29. The maximum atomic E-state index is 4.45. The fraction of sp³-hybridized carbons (Fsp3) is 0.714. The second-order valence-corrected chi connectivity index (χ2v) is 5.17. The highest BCUT2D eigenvalue weighted by atomic mass is 15.2. The number of rotatable bonds is 7. The number of anilines is 2. The standard InChI is InChI=1S/C14H25N5/c1-3-16-13-10-15-11-14(18-13)17-8-9-19(2)12-6-4-5-7-12/h10-12H,3-9H2,1-2H3,(H2,16,17,18). The minimum atomic E-state index is 0.779. The van der Waals surface area contributed by atoms with Gasteiger partial charge in [0, 0.05) is 25.7 Å². The minimum absolute atomic E-state index is 0.779. The summed E-state index contributed by atoms with van der Waals surface area (Å²) in [5.74, 6) is 1.68. The van der Waals surface area contributed by atoms with Crippen LogP contribution < -0.4 is 10.6 Å². The first-order valence-electron chi connectivity index (χ1n) is 7.29. The lowest BCUT2D eigenvalue weighted by atomic mass is 10.2. The van der Waals surface area contributed by atoms with Crippen molar-refractivity contribution in [3.8, 4) is 0 Å². The van der Waals surface area contributed by atoms with E-state index in [2.05, 4.69) is 39.5 Å². The van der Waals surface area contributed by atoms with Crippen LogP contribution in [0.3, 0.4) is 0 Å². The Labute approximate surface area is 115 Å². The predicted molar refractivity (Wildman–Crippen MR) is 79.6 cm³/mol. The molecule has 0 aliphatic heterocycles. The Morgan fingerprint density at radius 1 is 1.21 bits per heavy atom. The van der Waals surface area contributed by atoms with E-state index in [-0.39, 0.29) is 0 Å². The van der Waals surface area contributed by atoms with Gasteiger partial charge >= 0.3 is 0 Å². The first-order valence-corrected chi connectivity index (χ1v) is 7.29. The van der Waals surface area contributed by atoms with Gasteiger partial charge in [-0.15, -0.1) is 0 Å². The van der Waals surface area contributed by atoms with Crippen molar-refractivity contribution < 1.29 is 0 Å². The molecule has 0 spiro atoms. The summed E-state index contributed by atoms with van der Waals surface area (Å²) < 4.78 is 0. The van der Waals surface area contributed by atoms with Crippen LogP contribution in [0.1, 0.15) is 32.6 Å². The van der Waals surface area contributed by atoms with Crippen LogP contribution in [0.25, 0.3) is 0 Å². The molecule has 1 aliphatic carbocycles. The summed E-state index contributed by atoms with van der Waals surface area (Å²) in [6, 6.07) is 0.779. The number of likely N-dealkylation sites (N-methyl/N-ethyl adjacent to an activating group) is 1. The third kappa shape index (κ3) is 4.35. The van der Waals surface area contributed by atoms with Gasteiger partial charge in [0.05, 0.1) is 12.4 Å². The SMILES string of the molecule is CCNc1cncc(NCCN(C)C2CCCC2)n1. The Hall–Kier alpha value is -1.36. The molecule has 1 aliphatic rings. The van der Waals surface area contributed by atoms with Crippen LogP contribution in [0.4, 0.5) is 11.6 Å². The van der Waals surface area contributed by atoms with Crippen LogP contribution in [0.5, 0.6) is 0 Å². The zero-order valence-corrected chi connectivity index (χ0v) is 12.0. The van der Waals surface area contributed by atoms with Crippen molar-refractivity contribution in [1.29, 1.82) is 0 Å². The fourth-order valence-corrected chi connectivity index (χ4v) is 2.61.